The maximum Gasteiger partial charge on any atom is 0.342 e. The molecule has 20 heavy (non-hydrogen) atoms. The minimum Gasteiger partial charge on any atom is -0.497 e. The summed E-state index contributed by atoms with van der Waals surface area (Å²) in [5.41, 5.74) is 2.08. The normalized spacial score (nSPS) is 10.8. The average molecular weight is 276 g/mol. The van der Waals surface area contributed by atoms with Crippen molar-refractivity contribution in [3.63, 3.8) is 0 Å². The van der Waals surface area contributed by atoms with Crippen LogP contribution in [-0.2, 0) is 11.2 Å². The summed E-state index contributed by atoms with van der Waals surface area (Å²) in [7, 11) is 1.60. The SMILES string of the molecule is CCCCc1nn2ccc(OC)cc2c1C(=O)OCC. The lowest BCUT2D eigenvalue weighted by Gasteiger charge is -2.03. The molecule has 0 bridgehead atoms. The van der Waals surface area contributed by atoms with Gasteiger partial charge in [0, 0.05) is 12.3 Å². The molecule has 0 aromatic carbocycles. The predicted molar refractivity (Wildman–Crippen MR) is 76.3 cm³/mol. The third-order valence-corrected chi connectivity index (χ3v) is 3.16. The van der Waals surface area contributed by atoms with Crippen molar-refractivity contribution in [2.24, 2.45) is 0 Å². The van der Waals surface area contributed by atoms with Crippen LogP contribution in [0.5, 0.6) is 5.75 Å². The molecule has 0 N–H and O–H groups in total. The van der Waals surface area contributed by atoms with Crippen molar-refractivity contribution in [3.8, 4) is 5.75 Å². The number of carbonyl (C=O) groups is 1. The van der Waals surface area contributed by atoms with E-state index in [9.17, 15) is 4.79 Å². The zero-order valence-corrected chi connectivity index (χ0v) is 12.2. The van der Waals surface area contributed by atoms with Crippen molar-refractivity contribution >= 4 is 11.5 Å². The Bertz CT molecular complexity index is 604. The number of nitrogens with zero attached hydrogens (tertiary/aromatic N) is 2. The average Bonchev–Trinajstić information content (AvgIpc) is 2.82. The van der Waals surface area contributed by atoms with Crippen LogP contribution in [0.2, 0.25) is 0 Å². The second kappa shape index (κ2) is 6.41. The first-order chi connectivity index (χ1) is 9.71. The van der Waals surface area contributed by atoms with Crippen LogP contribution in [0.1, 0.15) is 42.7 Å². The lowest BCUT2D eigenvalue weighted by molar-refractivity contribution is 0.0527. The Hall–Kier alpha value is -2.04. The first kappa shape index (κ1) is 14.4. The largest absolute Gasteiger partial charge is 0.497 e. The Labute approximate surface area is 118 Å². The van der Waals surface area contributed by atoms with E-state index in [0.717, 1.165) is 30.5 Å². The minimum atomic E-state index is -0.318. The van der Waals surface area contributed by atoms with Gasteiger partial charge in [-0.2, -0.15) is 5.10 Å². The van der Waals surface area contributed by atoms with E-state index < -0.39 is 0 Å². The number of aryl methyl sites for hydroxylation is 1. The number of pyridine rings is 1. The first-order valence-corrected chi connectivity index (χ1v) is 6.93. The predicted octanol–water partition coefficient (Wildman–Crippen LogP) is 2.86. The van der Waals surface area contributed by atoms with Crippen LogP contribution in [0.25, 0.3) is 5.52 Å². The number of carbonyl (C=O) groups excluding carboxylic acids is 1. The number of esters is 1. The third kappa shape index (κ3) is 2.76. The van der Waals surface area contributed by atoms with Gasteiger partial charge in [0.15, 0.2) is 0 Å². The van der Waals surface area contributed by atoms with Crippen LogP contribution < -0.4 is 4.74 Å². The quantitative estimate of drug-likeness (QED) is 0.761. The molecule has 5 heteroatoms. The maximum atomic E-state index is 12.2. The van der Waals surface area contributed by atoms with Crippen LogP contribution in [0.4, 0.5) is 0 Å². The summed E-state index contributed by atoms with van der Waals surface area (Å²) >= 11 is 0. The molecule has 0 saturated heterocycles. The Balaban J connectivity index is 2.53. The molecule has 0 aliphatic rings. The van der Waals surface area contributed by atoms with Crippen LogP contribution in [0.15, 0.2) is 18.3 Å². The third-order valence-electron chi connectivity index (χ3n) is 3.16. The standard InChI is InChI=1S/C15H20N2O3/c1-4-6-7-12-14(15(18)20-5-2)13-10-11(19-3)8-9-17(13)16-12/h8-10H,4-7H2,1-3H3. The minimum absolute atomic E-state index is 0.318. The van der Waals surface area contributed by atoms with Gasteiger partial charge in [0.1, 0.15) is 11.3 Å². The monoisotopic (exact) mass is 276 g/mol. The smallest absolute Gasteiger partial charge is 0.342 e. The highest BCUT2D eigenvalue weighted by molar-refractivity contribution is 5.98. The van der Waals surface area contributed by atoms with Gasteiger partial charge in [0.25, 0.3) is 0 Å². The molecule has 2 aromatic rings. The fraction of sp³-hybridized carbons (Fsp3) is 0.467. The number of aromatic nitrogens is 2. The van der Waals surface area contributed by atoms with Crippen LogP contribution >= 0.6 is 0 Å². The topological polar surface area (TPSA) is 52.8 Å². The van der Waals surface area contributed by atoms with E-state index in [1.54, 1.807) is 24.7 Å². The number of methoxy groups -OCH3 is 1. The van der Waals surface area contributed by atoms with Crippen molar-refractivity contribution in [2.45, 2.75) is 33.1 Å². The lowest BCUT2D eigenvalue weighted by Crippen LogP contribution is -2.07. The van der Waals surface area contributed by atoms with Gasteiger partial charge < -0.3 is 9.47 Å². The summed E-state index contributed by atoms with van der Waals surface area (Å²) in [4.78, 5) is 12.2. The number of rotatable bonds is 6. The summed E-state index contributed by atoms with van der Waals surface area (Å²) in [6.45, 7) is 4.27. The zero-order chi connectivity index (χ0) is 14.5. The highest BCUT2D eigenvalue weighted by Crippen LogP contribution is 2.23. The van der Waals surface area contributed by atoms with E-state index >= 15 is 0 Å². The maximum absolute atomic E-state index is 12.2. The molecule has 2 aromatic heterocycles. The molecular formula is C15H20N2O3. The number of hydrogen-bond acceptors (Lipinski definition) is 4. The Morgan fingerprint density at radius 1 is 1.40 bits per heavy atom. The number of unbranched alkanes of at least 4 members (excludes halogenated alkanes) is 1. The van der Waals surface area contributed by atoms with Crippen LogP contribution in [0.3, 0.4) is 0 Å². The van der Waals surface area contributed by atoms with Crippen molar-refractivity contribution in [2.75, 3.05) is 13.7 Å². The molecule has 0 radical (unpaired) electrons. The van der Waals surface area contributed by atoms with Crippen molar-refractivity contribution in [3.05, 3.63) is 29.6 Å². The molecule has 0 aliphatic carbocycles. The summed E-state index contributed by atoms with van der Waals surface area (Å²) in [5, 5.41) is 4.49. The van der Waals surface area contributed by atoms with Gasteiger partial charge in [0.2, 0.25) is 0 Å². The van der Waals surface area contributed by atoms with E-state index in [1.165, 1.54) is 0 Å². The number of fused-ring (bicyclic) bond motifs is 1. The molecule has 0 aliphatic heterocycles. The van der Waals surface area contributed by atoms with Gasteiger partial charge >= 0.3 is 5.97 Å². The van der Waals surface area contributed by atoms with Crippen molar-refractivity contribution < 1.29 is 14.3 Å². The Morgan fingerprint density at radius 2 is 2.20 bits per heavy atom. The van der Waals surface area contributed by atoms with Crippen molar-refractivity contribution in [1.29, 1.82) is 0 Å². The van der Waals surface area contributed by atoms with Gasteiger partial charge in [-0.15, -0.1) is 0 Å². The van der Waals surface area contributed by atoms with Gasteiger partial charge in [-0.3, -0.25) is 0 Å². The summed E-state index contributed by atoms with van der Waals surface area (Å²) in [6.07, 6.45) is 4.62. The Kier molecular flexibility index (Phi) is 4.61. The van der Waals surface area contributed by atoms with E-state index in [1.807, 2.05) is 12.1 Å². The molecule has 0 atom stereocenters. The lowest BCUT2D eigenvalue weighted by atomic mass is 10.1. The Morgan fingerprint density at radius 3 is 2.85 bits per heavy atom. The molecule has 0 fully saturated rings. The van der Waals surface area contributed by atoms with Gasteiger partial charge in [0.05, 0.1) is 24.9 Å². The van der Waals surface area contributed by atoms with Crippen LogP contribution in [0, 0.1) is 0 Å². The summed E-state index contributed by atoms with van der Waals surface area (Å²) in [5.74, 6) is 0.381. The molecule has 0 spiro atoms. The van der Waals surface area contributed by atoms with Gasteiger partial charge in [-0.1, -0.05) is 13.3 Å². The number of ether oxygens (including phenoxy) is 2. The molecule has 0 saturated carbocycles. The molecule has 2 heterocycles. The molecular weight excluding hydrogens is 256 g/mol. The number of hydrogen-bond donors (Lipinski definition) is 0. The van der Waals surface area contributed by atoms with E-state index in [2.05, 4.69) is 12.0 Å². The molecule has 108 valence electrons. The van der Waals surface area contributed by atoms with Crippen molar-refractivity contribution in [1.82, 2.24) is 9.61 Å². The van der Waals surface area contributed by atoms with Gasteiger partial charge in [-0.25, -0.2) is 9.31 Å². The zero-order valence-electron chi connectivity index (χ0n) is 12.2. The first-order valence-electron chi connectivity index (χ1n) is 6.93. The fourth-order valence-corrected chi connectivity index (χ4v) is 2.15. The molecule has 0 unspecified atom stereocenters. The van der Waals surface area contributed by atoms with E-state index in [4.69, 9.17) is 9.47 Å². The van der Waals surface area contributed by atoms with Gasteiger partial charge in [-0.05, 0) is 25.8 Å². The molecule has 2 rings (SSSR count). The highest BCUT2D eigenvalue weighted by atomic mass is 16.5. The molecule has 5 nitrogen and oxygen atoms in total. The summed E-state index contributed by atoms with van der Waals surface area (Å²) in [6, 6.07) is 3.63. The molecule has 0 amide bonds. The van der Waals surface area contributed by atoms with Crippen LogP contribution in [-0.4, -0.2) is 29.3 Å². The van der Waals surface area contributed by atoms with E-state index in [0.29, 0.717) is 17.9 Å². The summed E-state index contributed by atoms with van der Waals surface area (Å²) < 4.78 is 12.1. The second-order valence-corrected chi connectivity index (χ2v) is 4.54. The fourth-order valence-electron chi connectivity index (χ4n) is 2.15. The second-order valence-electron chi connectivity index (χ2n) is 4.54. The van der Waals surface area contributed by atoms with E-state index in [-0.39, 0.29) is 5.97 Å². The highest BCUT2D eigenvalue weighted by Gasteiger charge is 2.20.